The molecule has 0 saturated heterocycles. The lowest BCUT2D eigenvalue weighted by molar-refractivity contribution is 0.563. The number of aromatic nitrogens is 1. The number of hydrogen-bond donors (Lipinski definition) is 0. The monoisotopic (exact) mass is 273 g/mol. The Morgan fingerprint density at radius 1 is 0.810 bits per heavy atom. The zero-order chi connectivity index (χ0) is 14.2. The molecule has 0 N–H and O–H groups in total. The van der Waals surface area contributed by atoms with Crippen molar-refractivity contribution >= 4 is 21.7 Å². The Labute approximate surface area is 120 Å². The molecule has 2 aromatic carbocycles. The van der Waals surface area contributed by atoms with Crippen LogP contribution in [0.4, 0.5) is 0 Å². The maximum absolute atomic E-state index is 12.2. The van der Waals surface area contributed by atoms with Crippen molar-refractivity contribution < 1.29 is 4.42 Å². The summed E-state index contributed by atoms with van der Waals surface area (Å²) in [5.41, 5.74) is 1.34. The summed E-state index contributed by atoms with van der Waals surface area (Å²) in [4.78, 5) is 16.4. The topological polar surface area (TPSA) is 43.1 Å². The molecule has 0 aliphatic rings. The van der Waals surface area contributed by atoms with Crippen LogP contribution < -0.4 is 5.63 Å². The molecule has 0 saturated carbocycles. The van der Waals surface area contributed by atoms with Gasteiger partial charge in [-0.25, -0.2) is 4.79 Å². The van der Waals surface area contributed by atoms with Gasteiger partial charge in [0.15, 0.2) is 0 Å². The minimum atomic E-state index is -0.364. The SMILES string of the molecule is O=c1oc2cc3ccccc3cc2cc1-c1ccccn1. The molecule has 0 radical (unpaired) electrons. The van der Waals surface area contributed by atoms with E-state index in [2.05, 4.69) is 4.98 Å². The van der Waals surface area contributed by atoms with Gasteiger partial charge < -0.3 is 4.42 Å². The maximum atomic E-state index is 12.2. The zero-order valence-electron chi connectivity index (χ0n) is 11.1. The van der Waals surface area contributed by atoms with Crippen molar-refractivity contribution in [3.63, 3.8) is 0 Å². The molecular weight excluding hydrogens is 262 g/mol. The van der Waals surface area contributed by atoms with Gasteiger partial charge in [0, 0.05) is 11.6 Å². The van der Waals surface area contributed by atoms with Gasteiger partial charge in [-0.15, -0.1) is 0 Å². The van der Waals surface area contributed by atoms with E-state index in [-0.39, 0.29) is 5.63 Å². The van der Waals surface area contributed by atoms with Crippen LogP contribution in [0.15, 0.2) is 76.1 Å². The van der Waals surface area contributed by atoms with E-state index in [4.69, 9.17) is 4.42 Å². The molecule has 0 bridgehead atoms. The Morgan fingerprint density at radius 2 is 1.57 bits per heavy atom. The Bertz CT molecular complexity index is 1000. The van der Waals surface area contributed by atoms with E-state index in [0.29, 0.717) is 16.8 Å². The zero-order valence-corrected chi connectivity index (χ0v) is 11.1. The van der Waals surface area contributed by atoms with E-state index in [1.54, 1.807) is 12.3 Å². The molecular formula is C18H11NO2. The molecule has 0 aliphatic heterocycles. The smallest absolute Gasteiger partial charge is 0.345 e. The molecule has 0 unspecified atom stereocenters. The van der Waals surface area contributed by atoms with Crippen molar-refractivity contribution in [2.24, 2.45) is 0 Å². The Kier molecular flexibility index (Phi) is 2.57. The molecule has 3 nitrogen and oxygen atoms in total. The number of benzene rings is 2. The second kappa shape index (κ2) is 4.56. The maximum Gasteiger partial charge on any atom is 0.345 e. The number of pyridine rings is 1. The van der Waals surface area contributed by atoms with E-state index in [1.165, 1.54) is 0 Å². The average molecular weight is 273 g/mol. The van der Waals surface area contributed by atoms with Crippen molar-refractivity contribution in [1.82, 2.24) is 4.98 Å². The fourth-order valence-electron chi connectivity index (χ4n) is 2.51. The van der Waals surface area contributed by atoms with E-state index in [0.717, 1.165) is 16.2 Å². The van der Waals surface area contributed by atoms with Gasteiger partial charge in [-0.05, 0) is 41.1 Å². The Hall–Kier alpha value is -2.94. The van der Waals surface area contributed by atoms with Gasteiger partial charge in [0.05, 0.1) is 11.3 Å². The summed E-state index contributed by atoms with van der Waals surface area (Å²) in [5.74, 6) is 0. The van der Waals surface area contributed by atoms with Crippen molar-refractivity contribution in [2.75, 3.05) is 0 Å². The van der Waals surface area contributed by atoms with Crippen LogP contribution in [0, 0.1) is 0 Å². The predicted molar refractivity (Wildman–Crippen MR) is 83.2 cm³/mol. The van der Waals surface area contributed by atoms with Gasteiger partial charge in [0.25, 0.3) is 0 Å². The molecule has 0 atom stereocenters. The normalized spacial score (nSPS) is 11.0. The molecule has 0 amide bonds. The van der Waals surface area contributed by atoms with Crippen molar-refractivity contribution in [3.8, 4) is 11.3 Å². The molecule has 100 valence electrons. The third-order valence-corrected chi connectivity index (χ3v) is 3.54. The van der Waals surface area contributed by atoms with Crippen LogP contribution in [-0.4, -0.2) is 4.98 Å². The summed E-state index contributed by atoms with van der Waals surface area (Å²) in [6, 6.07) is 19.2. The van der Waals surface area contributed by atoms with Crippen LogP contribution in [-0.2, 0) is 0 Å². The fraction of sp³-hybridized carbons (Fsp3) is 0. The Morgan fingerprint density at radius 3 is 2.33 bits per heavy atom. The quantitative estimate of drug-likeness (QED) is 0.389. The largest absolute Gasteiger partial charge is 0.422 e. The first kappa shape index (κ1) is 11.9. The van der Waals surface area contributed by atoms with Crippen molar-refractivity contribution in [1.29, 1.82) is 0 Å². The number of nitrogens with zero attached hydrogens (tertiary/aromatic N) is 1. The second-order valence-electron chi connectivity index (χ2n) is 4.90. The number of hydrogen-bond acceptors (Lipinski definition) is 3. The summed E-state index contributed by atoms with van der Waals surface area (Å²) < 4.78 is 5.46. The van der Waals surface area contributed by atoms with Gasteiger partial charge in [-0.3, -0.25) is 4.98 Å². The molecule has 4 rings (SSSR count). The highest BCUT2D eigenvalue weighted by molar-refractivity contribution is 5.96. The Balaban J connectivity index is 2.05. The van der Waals surface area contributed by atoms with Crippen LogP contribution in [0.3, 0.4) is 0 Å². The minimum absolute atomic E-state index is 0.364. The third-order valence-electron chi connectivity index (χ3n) is 3.54. The molecule has 0 spiro atoms. The minimum Gasteiger partial charge on any atom is -0.422 e. The van der Waals surface area contributed by atoms with Crippen LogP contribution in [0.25, 0.3) is 33.0 Å². The predicted octanol–water partition coefficient (Wildman–Crippen LogP) is 4.01. The first-order chi connectivity index (χ1) is 10.3. The van der Waals surface area contributed by atoms with Gasteiger partial charge in [0.2, 0.25) is 0 Å². The molecule has 21 heavy (non-hydrogen) atoms. The lowest BCUT2D eigenvalue weighted by Gasteiger charge is -2.04. The van der Waals surface area contributed by atoms with Crippen LogP contribution >= 0.6 is 0 Å². The van der Waals surface area contributed by atoms with Gasteiger partial charge in [0.1, 0.15) is 5.58 Å². The summed E-state index contributed by atoms with van der Waals surface area (Å²) >= 11 is 0. The van der Waals surface area contributed by atoms with E-state index >= 15 is 0 Å². The fourth-order valence-corrected chi connectivity index (χ4v) is 2.51. The average Bonchev–Trinajstić information content (AvgIpc) is 2.53. The van der Waals surface area contributed by atoms with Crippen LogP contribution in [0.5, 0.6) is 0 Å². The second-order valence-corrected chi connectivity index (χ2v) is 4.90. The lowest BCUT2D eigenvalue weighted by atomic mass is 10.1. The highest BCUT2D eigenvalue weighted by Crippen LogP contribution is 2.24. The highest BCUT2D eigenvalue weighted by atomic mass is 16.4. The molecule has 3 heteroatoms. The molecule has 0 fully saturated rings. The summed E-state index contributed by atoms with van der Waals surface area (Å²) in [5, 5.41) is 3.07. The summed E-state index contributed by atoms with van der Waals surface area (Å²) in [6.45, 7) is 0. The number of rotatable bonds is 1. The standard InChI is InChI=1S/C18H11NO2/c20-18-15(16-7-3-4-8-19-16)10-14-9-12-5-1-2-6-13(12)11-17(14)21-18/h1-11H. The van der Waals surface area contributed by atoms with Crippen molar-refractivity contribution in [2.45, 2.75) is 0 Å². The van der Waals surface area contributed by atoms with E-state index in [1.807, 2.05) is 54.6 Å². The third kappa shape index (κ3) is 1.99. The highest BCUT2D eigenvalue weighted by Gasteiger charge is 2.09. The molecule has 0 aliphatic carbocycles. The van der Waals surface area contributed by atoms with E-state index < -0.39 is 0 Å². The van der Waals surface area contributed by atoms with Crippen LogP contribution in [0.1, 0.15) is 0 Å². The van der Waals surface area contributed by atoms with Crippen LogP contribution in [0.2, 0.25) is 0 Å². The van der Waals surface area contributed by atoms with Gasteiger partial charge in [-0.1, -0.05) is 30.3 Å². The summed E-state index contributed by atoms with van der Waals surface area (Å²) in [6.07, 6.45) is 1.67. The number of fused-ring (bicyclic) bond motifs is 2. The van der Waals surface area contributed by atoms with E-state index in [9.17, 15) is 4.79 Å². The van der Waals surface area contributed by atoms with Gasteiger partial charge in [-0.2, -0.15) is 0 Å². The first-order valence-electron chi connectivity index (χ1n) is 6.69. The van der Waals surface area contributed by atoms with Crippen molar-refractivity contribution in [3.05, 3.63) is 77.3 Å². The molecule has 4 aromatic rings. The molecule has 2 aromatic heterocycles. The lowest BCUT2D eigenvalue weighted by Crippen LogP contribution is -2.03. The molecule has 2 heterocycles. The first-order valence-corrected chi connectivity index (χ1v) is 6.69. The summed E-state index contributed by atoms with van der Waals surface area (Å²) in [7, 11) is 0. The van der Waals surface area contributed by atoms with Gasteiger partial charge >= 0.3 is 5.63 Å².